The van der Waals surface area contributed by atoms with Crippen molar-refractivity contribution in [2.24, 2.45) is 0 Å². The zero-order chi connectivity index (χ0) is 23.7. The van der Waals surface area contributed by atoms with Crippen molar-refractivity contribution in [3.63, 3.8) is 0 Å². The zero-order valence-electron chi connectivity index (χ0n) is 18.8. The third-order valence-corrected chi connectivity index (χ3v) is 8.18. The average Bonchev–Trinajstić information content (AvgIpc) is 3.21. The summed E-state index contributed by atoms with van der Waals surface area (Å²) in [5.74, 6) is 2.45. The normalized spacial score (nSPS) is 20.7. The first-order chi connectivity index (χ1) is 16.5. The molecule has 0 spiro atoms. The van der Waals surface area contributed by atoms with E-state index in [1.54, 1.807) is 12.4 Å². The van der Waals surface area contributed by atoms with Crippen molar-refractivity contribution in [3.8, 4) is 0 Å². The Labute approximate surface area is 205 Å². The fourth-order valence-corrected chi connectivity index (χ4v) is 5.86. The van der Waals surface area contributed by atoms with Gasteiger partial charge in [-0.05, 0) is 31.3 Å². The highest BCUT2D eigenvalue weighted by atomic mass is 35.5. The molecular formula is C22H26ClN7O3S. The van der Waals surface area contributed by atoms with E-state index in [1.165, 1.54) is 7.11 Å². The first-order valence-corrected chi connectivity index (χ1v) is 13.0. The van der Waals surface area contributed by atoms with Crippen molar-refractivity contribution < 1.29 is 13.7 Å². The van der Waals surface area contributed by atoms with Gasteiger partial charge < -0.3 is 20.3 Å². The third-order valence-electron chi connectivity index (χ3n) is 6.53. The Morgan fingerprint density at radius 3 is 2.71 bits per heavy atom. The smallest absolute Gasteiger partial charge is 0.406 e. The summed E-state index contributed by atoms with van der Waals surface area (Å²) < 4.78 is 17.5. The number of nitrogens with zero attached hydrogens (tertiary/aromatic N) is 5. The minimum atomic E-state index is -1.14. The second-order valence-electron chi connectivity index (χ2n) is 8.70. The van der Waals surface area contributed by atoms with Crippen molar-refractivity contribution in [2.45, 2.75) is 42.5 Å². The van der Waals surface area contributed by atoms with Crippen LogP contribution in [0.5, 0.6) is 0 Å². The van der Waals surface area contributed by atoms with Crippen LogP contribution in [0.2, 0.25) is 5.02 Å². The standard InChI is InChI=1S/C22H26ClN7O3S/c1-33-21(31)26-13-22(6-2-7-22)29-19-17-16(5-10-34(17)32)27-20(28-19)30-8-3-14(4-9-30)18-24-11-15(23)12-25-18/h3,11-12H,2,4-10,13H2,1H3,(H,26,31)(H,27,28,29)/t34-/m1/s1. The van der Waals surface area contributed by atoms with Gasteiger partial charge in [-0.25, -0.2) is 19.7 Å². The third kappa shape index (κ3) is 4.58. The number of aromatic nitrogens is 4. The van der Waals surface area contributed by atoms with Gasteiger partial charge in [0, 0.05) is 44.2 Å². The highest BCUT2D eigenvalue weighted by molar-refractivity contribution is 7.85. The number of amides is 1. The van der Waals surface area contributed by atoms with E-state index in [4.69, 9.17) is 26.3 Å². The predicted molar refractivity (Wildman–Crippen MR) is 129 cm³/mol. The van der Waals surface area contributed by atoms with Crippen LogP contribution in [0, 0.1) is 0 Å². The molecule has 1 amide bonds. The molecule has 2 aromatic rings. The number of carbonyl (C=O) groups is 1. The number of carbonyl (C=O) groups excluding carboxylic acids is 1. The topological polar surface area (TPSA) is 122 Å². The minimum Gasteiger partial charge on any atom is -0.453 e. The first-order valence-electron chi connectivity index (χ1n) is 11.3. The molecule has 2 aliphatic heterocycles. The van der Waals surface area contributed by atoms with Crippen LogP contribution in [0.3, 0.4) is 0 Å². The molecule has 2 aromatic heterocycles. The van der Waals surface area contributed by atoms with E-state index in [9.17, 15) is 9.00 Å². The maximum atomic E-state index is 12.8. The number of aryl methyl sites for hydroxylation is 1. The molecule has 0 bridgehead atoms. The number of hydrogen-bond donors (Lipinski definition) is 2. The number of ether oxygens (including phenoxy) is 1. The van der Waals surface area contributed by atoms with Gasteiger partial charge in [0.2, 0.25) is 5.95 Å². The molecule has 0 radical (unpaired) electrons. The molecule has 2 N–H and O–H groups in total. The fraction of sp³-hybridized carbons (Fsp3) is 0.500. The van der Waals surface area contributed by atoms with Crippen LogP contribution in [0.15, 0.2) is 23.4 Å². The van der Waals surface area contributed by atoms with Crippen LogP contribution in [0.25, 0.3) is 5.57 Å². The molecule has 10 nitrogen and oxygen atoms in total. The highest BCUT2D eigenvalue weighted by Crippen LogP contribution is 2.38. The van der Waals surface area contributed by atoms with Gasteiger partial charge in [-0.15, -0.1) is 0 Å². The van der Waals surface area contributed by atoms with Crippen molar-refractivity contribution in [3.05, 3.63) is 35.0 Å². The lowest BCUT2D eigenvalue weighted by Crippen LogP contribution is -2.54. The Morgan fingerprint density at radius 2 is 2.06 bits per heavy atom. The molecule has 3 aliphatic rings. The minimum absolute atomic E-state index is 0.332. The molecule has 5 rings (SSSR count). The quantitative estimate of drug-likeness (QED) is 0.612. The molecular weight excluding hydrogens is 478 g/mol. The number of methoxy groups -OCH3 is 1. The number of anilines is 2. The van der Waals surface area contributed by atoms with Gasteiger partial charge in [0.25, 0.3) is 0 Å². The largest absolute Gasteiger partial charge is 0.453 e. The van der Waals surface area contributed by atoms with Gasteiger partial charge in [0.05, 0.1) is 34.2 Å². The van der Waals surface area contributed by atoms with Crippen molar-refractivity contribution in [2.75, 3.05) is 42.7 Å². The number of nitrogens with one attached hydrogen (secondary N) is 2. The van der Waals surface area contributed by atoms with Crippen LogP contribution in [-0.4, -0.2) is 68.3 Å². The fourth-order valence-electron chi connectivity index (χ4n) is 4.46. The molecule has 12 heteroatoms. The molecule has 0 saturated heterocycles. The number of halogens is 1. The Morgan fingerprint density at radius 1 is 1.26 bits per heavy atom. The Hall–Kier alpha value is -2.79. The second-order valence-corrected chi connectivity index (χ2v) is 10.6. The lowest BCUT2D eigenvalue weighted by Gasteiger charge is -2.43. The van der Waals surface area contributed by atoms with Gasteiger partial charge >= 0.3 is 6.09 Å². The highest BCUT2D eigenvalue weighted by Gasteiger charge is 2.40. The van der Waals surface area contributed by atoms with E-state index in [-0.39, 0.29) is 5.54 Å². The summed E-state index contributed by atoms with van der Waals surface area (Å²) in [7, 11) is 0.208. The van der Waals surface area contributed by atoms with E-state index in [1.807, 2.05) is 0 Å². The van der Waals surface area contributed by atoms with E-state index in [0.29, 0.717) is 59.3 Å². The maximum Gasteiger partial charge on any atom is 0.406 e. The van der Waals surface area contributed by atoms with Crippen molar-refractivity contribution in [1.29, 1.82) is 0 Å². The van der Waals surface area contributed by atoms with Crippen LogP contribution in [0.1, 0.15) is 37.2 Å². The summed E-state index contributed by atoms with van der Waals surface area (Å²) in [5, 5.41) is 6.84. The summed E-state index contributed by atoms with van der Waals surface area (Å²) in [6.07, 6.45) is 9.05. The van der Waals surface area contributed by atoms with E-state index >= 15 is 0 Å². The van der Waals surface area contributed by atoms with Crippen molar-refractivity contribution >= 4 is 45.8 Å². The van der Waals surface area contributed by atoms with Gasteiger partial charge in [0.1, 0.15) is 10.7 Å². The van der Waals surface area contributed by atoms with Crippen LogP contribution in [-0.2, 0) is 22.0 Å². The number of fused-ring (bicyclic) bond motifs is 1. The lowest BCUT2D eigenvalue weighted by atomic mass is 9.76. The van der Waals surface area contributed by atoms with Crippen LogP contribution in [0.4, 0.5) is 16.6 Å². The molecule has 1 aliphatic carbocycles. The van der Waals surface area contributed by atoms with Crippen molar-refractivity contribution in [1.82, 2.24) is 25.3 Å². The van der Waals surface area contributed by atoms with E-state index in [0.717, 1.165) is 37.0 Å². The average molecular weight is 504 g/mol. The Balaban J connectivity index is 1.38. The number of hydrogen-bond acceptors (Lipinski definition) is 9. The first kappa shape index (κ1) is 23.0. The molecule has 1 fully saturated rings. The maximum absolute atomic E-state index is 12.8. The molecule has 1 saturated carbocycles. The molecule has 1 atom stereocenters. The summed E-state index contributed by atoms with van der Waals surface area (Å²) in [4.78, 5) is 32.7. The van der Waals surface area contributed by atoms with E-state index in [2.05, 4.69) is 31.6 Å². The Bertz CT molecular complexity index is 1150. The summed E-state index contributed by atoms with van der Waals surface area (Å²) in [6.45, 7) is 1.75. The molecule has 0 unspecified atom stereocenters. The molecule has 0 aromatic carbocycles. The number of rotatable bonds is 6. The SMILES string of the molecule is COC(=O)NCC1(Nc2nc(N3CC=C(c4ncc(Cl)cn4)CC3)nc3c2[S@](=O)CC3)CCC1. The van der Waals surface area contributed by atoms with Crippen LogP contribution < -0.4 is 15.5 Å². The monoisotopic (exact) mass is 503 g/mol. The lowest BCUT2D eigenvalue weighted by molar-refractivity contribution is 0.163. The zero-order valence-corrected chi connectivity index (χ0v) is 20.4. The summed E-state index contributed by atoms with van der Waals surface area (Å²) >= 11 is 5.90. The summed E-state index contributed by atoms with van der Waals surface area (Å²) in [5.41, 5.74) is 1.56. The number of alkyl carbamates (subject to hydrolysis) is 1. The summed E-state index contributed by atoms with van der Waals surface area (Å²) in [6, 6.07) is 0. The Kier molecular flexibility index (Phi) is 6.39. The predicted octanol–water partition coefficient (Wildman–Crippen LogP) is 2.57. The van der Waals surface area contributed by atoms with E-state index < -0.39 is 16.9 Å². The van der Waals surface area contributed by atoms with Gasteiger partial charge in [-0.1, -0.05) is 17.7 Å². The molecule has 4 heterocycles. The van der Waals surface area contributed by atoms with Gasteiger partial charge in [-0.2, -0.15) is 4.98 Å². The van der Waals surface area contributed by atoms with Crippen LogP contribution >= 0.6 is 11.6 Å². The van der Waals surface area contributed by atoms with Gasteiger partial charge in [-0.3, -0.25) is 4.21 Å². The molecule has 34 heavy (non-hydrogen) atoms. The van der Waals surface area contributed by atoms with Gasteiger partial charge in [0.15, 0.2) is 5.82 Å². The molecule has 180 valence electrons. The second kappa shape index (κ2) is 9.46.